The van der Waals surface area contributed by atoms with Crippen molar-refractivity contribution in [1.29, 1.82) is 0 Å². The minimum absolute atomic E-state index is 0.0689. The second kappa shape index (κ2) is 8.12. The molecule has 0 atom stereocenters. The fourth-order valence-corrected chi connectivity index (χ4v) is 4.80. The fraction of sp³-hybridized carbons (Fsp3) is 0.333. The van der Waals surface area contributed by atoms with Crippen LogP contribution in [0.15, 0.2) is 29.3 Å². The smallest absolute Gasteiger partial charge is 0.324 e. The highest BCUT2D eigenvalue weighted by Crippen LogP contribution is 2.25. The Kier molecular flexibility index (Phi) is 5.83. The van der Waals surface area contributed by atoms with E-state index in [2.05, 4.69) is 17.1 Å². The number of hydrogen-bond acceptors (Lipinski definition) is 6. The van der Waals surface area contributed by atoms with Crippen LogP contribution in [0, 0.1) is 24.0 Å². The normalized spacial score (nSPS) is 12.0. The summed E-state index contributed by atoms with van der Waals surface area (Å²) in [5.41, 5.74) is 3.29. The molecule has 3 aromatic rings. The van der Waals surface area contributed by atoms with Gasteiger partial charge >= 0.3 is 5.00 Å². The minimum atomic E-state index is -0.505. The van der Waals surface area contributed by atoms with Crippen LogP contribution >= 0.6 is 22.7 Å². The third-order valence-corrected chi connectivity index (χ3v) is 6.01. The van der Waals surface area contributed by atoms with Gasteiger partial charge in [-0.1, -0.05) is 28.7 Å². The van der Waals surface area contributed by atoms with Gasteiger partial charge in [-0.15, -0.1) is 0 Å². The van der Waals surface area contributed by atoms with Gasteiger partial charge in [0.25, 0.3) is 5.91 Å². The summed E-state index contributed by atoms with van der Waals surface area (Å²) in [5, 5.41) is 10.8. The number of rotatable bonds is 6. The number of hydrogen-bond donors (Lipinski definition) is 0. The molecule has 0 N–H and O–H groups in total. The number of nitro groups is 1. The van der Waals surface area contributed by atoms with Crippen molar-refractivity contribution in [2.75, 3.05) is 13.2 Å². The van der Waals surface area contributed by atoms with E-state index < -0.39 is 10.8 Å². The zero-order chi connectivity index (χ0) is 19.6. The molecule has 9 heteroatoms. The molecule has 2 aromatic heterocycles. The van der Waals surface area contributed by atoms with E-state index in [1.807, 2.05) is 25.3 Å². The highest BCUT2D eigenvalue weighted by atomic mass is 32.1. The summed E-state index contributed by atoms with van der Waals surface area (Å²) >= 11 is 2.27. The van der Waals surface area contributed by atoms with Crippen LogP contribution in [0.5, 0.6) is 0 Å². The summed E-state index contributed by atoms with van der Waals surface area (Å²) in [6, 6.07) is 6.95. The van der Waals surface area contributed by atoms with Crippen molar-refractivity contribution in [2.45, 2.75) is 27.3 Å². The summed E-state index contributed by atoms with van der Waals surface area (Å²) in [4.78, 5) is 28.0. The van der Waals surface area contributed by atoms with Gasteiger partial charge in [0, 0.05) is 19.2 Å². The van der Waals surface area contributed by atoms with E-state index in [0.29, 0.717) is 24.6 Å². The zero-order valence-electron chi connectivity index (χ0n) is 15.2. The van der Waals surface area contributed by atoms with Gasteiger partial charge in [0.15, 0.2) is 4.80 Å². The molecule has 0 bridgehead atoms. The molecule has 2 heterocycles. The quantitative estimate of drug-likeness (QED) is 0.351. The molecule has 0 saturated heterocycles. The number of aromatic nitrogens is 1. The first kappa shape index (κ1) is 19.4. The van der Waals surface area contributed by atoms with Gasteiger partial charge in [-0.05, 0) is 44.0 Å². The van der Waals surface area contributed by atoms with Crippen LogP contribution in [-0.4, -0.2) is 28.6 Å². The SMILES string of the molecule is CCOCCn1c(=NC(=O)c2ccc([N+](=O)[O-])s2)sc2cc(C)cc(C)c21. The highest BCUT2D eigenvalue weighted by Gasteiger charge is 2.16. The van der Waals surface area contributed by atoms with Gasteiger partial charge in [-0.3, -0.25) is 14.9 Å². The maximum Gasteiger partial charge on any atom is 0.324 e. The Morgan fingerprint density at radius 1 is 1.30 bits per heavy atom. The van der Waals surface area contributed by atoms with Gasteiger partial charge in [-0.25, -0.2) is 0 Å². The highest BCUT2D eigenvalue weighted by molar-refractivity contribution is 7.17. The summed E-state index contributed by atoms with van der Waals surface area (Å²) < 4.78 is 8.52. The zero-order valence-corrected chi connectivity index (χ0v) is 16.9. The lowest BCUT2D eigenvalue weighted by Gasteiger charge is -2.08. The first-order valence-corrected chi connectivity index (χ1v) is 10.1. The van der Waals surface area contributed by atoms with E-state index in [4.69, 9.17) is 4.74 Å². The molecule has 0 spiro atoms. The first-order chi connectivity index (χ1) is 12.9. The summed E-state index contributed by atoms with van der Waals surface area (Å²) in [7, 11) is 0. The second-order valence-corrected chi connectivity index (χ2v) is 8.05. The molecular formula is C18H19N3O4S2. The van der Waals surface area contributed by atoms with E-state index in [9.17, 15) is 14.9 Å². The second-order valence-electron chi connectivity index (χ2n) is 5.97. The third kappa shape index (κ3) is 4.15. The average Bonchev–Trinajstić information content (AvgIpc) is 3.21. The van der Waals surface area contributed by atoms with Crippen LogP contribution in [0.25, 0.3) is 10.2 Å². The number of carbonyl (C=O) groups excluding carboxylic acids is 1. The van der Waals surface area contributed by atoms with Crippen LogP contribution < -0.4 is 4.80 Å². The van der Waals surface area contributed by atoms with Crippen LogP contribution in [-0.2, 0) is 11.3 Å². The van der Waals surface area contributed by atoms with E-state index in [1.54, 1.807) is 0 Å². The van der Waals surface area contributed by atoms with Crippen LogP contribution in [0.1, 0.15) is 27.7 Å². The molecule has 142 valence electrons. The monoisotopic (exact) mass is 405 g/mol. The van der Waals surface area contributed by atoms with E-state index in [-0.39, 0.29) is 9.88 Å². The largest absolute Gasteiger partial charge is 0.380 e. The van der Waals surface area contributed by atoms with Gasteiger partial charge in [0.1, 0.15) is 4.88 Å². The molecule has 0 unspecified atom stereocenters. The number of thiophene rings is 1. The Labute approximate surface area is 163 Å². The number of thiazole rings is 1. The number of amides is 1. The van der Waals surface area contributed by atoms with Crippen molar-refractivity contribution in [1.82, 2.24) is 4.57 Å². The Morgan fingerprint density at radius 3 is 2.74 bits per heavy atom. The molecule has 1 aromatic carbocycles. The van der Waals surface area contributed by atoms with Crippen LogP contribution in [0.4, 0.5) is 5.00 Å². The van der Waals surface area contributed by atoms with Crippen molar-refractivity contribution in [3.8, 4) is 0 Å². The van der Waals surface area contributed by atoms with Gasteiger partial charge < -0.3 is 9.30 Å². The number of benzene rings is 1. The number of aryl methyl sites for hydroxylation is 2. The maximum absolute atomic E-state index is 12.5. The predicted octanol–water partition coefficient (Wildman–Crippen LogP) is 4.07. The molecular weight excluding hydrogens is 386 g/mol. The van der Waals surface area contributed by atoms with E-state index >= 15 is 0 Å². The number of ether oxygens (including phenoxy) is 1. The standard InChI is InChI=1S/C18H19N3O4S2/c1-4-25-8-7-20-16-12(3)9-11(2)10-14(16)27-18(20)19-17(22)13-5-6-15(26-13)21(23)24/h5-6,9-10H,4,7-8H2,1-3H3. The van der Waals surface area contributed by atoms with Gasteiger partial charge in [0.2, 0.25) is 0 Å². The van der Waals surface area contributed by atoms with Crippen LogP contribution in [0.2, 0.25) is 0 Å². The molecule has 0 saturated carbocycles. The number of fused-ring (bicyclic) bond motifs is 1. The lowest BCUT2D eigenvalue weighted by molar-refractivity contribution is -0.380. The van der Waals surface area contributed by atoms with Crippen molar-refractivity contribution in [3.63, 3.8) is 0 Å². The van der Waals surface area contributed by atoms with E-state index in [0.717, 1.165) is 32.7 Å². The molecule has 3 rings (SSSR count). The number of nitrogens with zero attached hydrogens (tertiary/aromatic N) is 3. The van der Waals surface area contributed by atoms with E-state index in [1.165, 1.54) is 23.5 Å². The molecule has 0 radical (unpaired) electrons. The Bertz CT molecular complexity index is 1080. The Hall–Kier alpha value is -2.36. The predicted molar refractivity (Wildman–Crippen MR) is 107 cm³/mol. The summed E-state index contributed by atoms with van der Waals surface area (Å²) in [5.74, 6) is -0.473. The fourth-order valence-electron chi connectivity index (χ4n) is 2.87. The number of carbonyl (C=O) groups is 1. The van der Waals surface area contributed by atoms with Crippen molar-refractivity contribution < 1.29 is 14.5 Å². The lowest BCUT2D eigenvalue weighted by Crippen LogP contribution is -2.20. The molecule has 0 aliphatic rings. The minimum Gasteiger partial charge on any atom is -0.380 e. The molecule has 1 amide bonds. The Balaban J connectivity index is 2.09. The molecule has 0 aliphatic carbocycles. The summed E-state index contributed by atoms with van der Waals surface area (Å²) in [6.45, 7) is 7.71. The molecule has 0 aliphatic heterocycles. The van der Waals surface area contributed by atoms with Gasteiger partial charge in [-0.2, -0.15) is 4.99 Å². The molecule has 7 nitrogen and oxygen atoms in total. The molecule has 27 heavy (non-hydrogen) atoms. The average molecular weight is 406 g/mol. The van der Waals surface area contributed by atoms with Crippen molar-refractivity contribution in [3.05, 3.63) is 55.2 Å². The molecule has 0 fully saturated rings. The Morgan fingerprint density at radius 2 is 2.07 bits per heavy atom. The maximum atomic E-state index is 12.5. The van der Waals surface area contributed by atoms with Crippen molar-refractivity contribution in [2.24, 2.45) is 4.99 Å². The topological polar surface area (TPSA) is 86.7 Å². The van der Waals surface area contributed by atoms with Gasteiger partial charge in [0.05, 0.1) is 21.7 Å². The summed E-state index contributed by atoms with van der Waals surface area (Å²) in [6.07, 6.45) is 0. The first-order valence-electron chi connectivity index (χ1n) is 8.42. The van der Waals surface area contributed by atoms with Crippen LogP contribution in [0.3, 0.4) is 0 Å². The van der Waals surface area contributed by atoms with Crippen molar-refractivity contribution >= 4 is 43.8 Å². The third-order valence-electron chi connectivity index (χ3n) is 3.96. The lowest BCUT2D eigenvalue weighted by atomic mass is 10.1.